The maximum Gasteiger partial charge on any atom is 0.253 e. The molecule has 0 atom stereocenters. The van der Waals surface area contributed by atoms with Gasteiger partial charge < -0.3 is 5.11 Å². The fourth-order valence-corrected chi connectivity index (χ4v) is 2.06. The lowest BCUT2D eigenvalue weighted by Gasteiger charge is -2.05. The molecule has 5 nitrogen and oxygen atoms in total. The molecule has 0 saturated heterocycles. The third-order valence-corrected chi connectivity index (χ3v) is 3.20. The summed E-state index contributed by atoms with van der Waals surface area (Å²) < 4.78 is 22.4. The monoisotopic (exact) mass is 256 g/mol. The van der Waals surface area contributed by atoms with Crippen molar-refractivity contribution >= 4 is 33.2 Å². The number of hydrogen-bond acceptors (Lipinski definition) is 4. The summed E-state index contributed by atoms with van der Waals surface area (Å²) >= 11 is 11.0. The fourth-order valence-electron chi connectivity index (χ4n) is 0.765. The Kier molecular flexibility index (Phi) is 3.23. The topological polar surface area (TPSA) is 92.4 Å². The first-order valence-corrected chi connectivity index (χ1v) is 5.53. The summed E-state index contributed by atoms with van der Waals surface area (Å²) in [5.41, 5.74) is 0. The zero-order chi connectivity index (χ0) is 10.9. The van der Waals surface area contributed by atoms with E-state index in [-0.39, 0.29) is 20.7 Å². The number of aromatic hydroxyl groups is 1. The molecule has 4 N–H and O–H groups in total. The van der Waals surface area contributed by atoms with Gasteiger partial charge in [0.2, 0.25) is 0 Å². The van der Waals surface area contributed by atoms with Gasteiger partial charge in [-0.2, -0.15) is 4.83 Å². The molecule has 1 aromatic rings. The predicted octanol–water partition coefficient (Wildman–Crippen LogP) is 0.851. The van der Waals surface area contributed by atoms with Gasteiger partial charge >= 0.3 is 0 Å². The number of phenols is 1. The first kappa shape index (κ1) is 11.5. The molecule has 0 aromatic heterocycles. The van der Waals surface area contributed by atoms with E-state index >= 15 is 0 Å². The molecule has 0 aliphatic carbocycles. The van der Waals surface area contributed by atoms with Gasteiger partial charge in [0.1, 0.15) is 0 Å². The molecule has 0 amide bonds. The van der Waals surface area contributed by atoms with Gasteiger partial charge in [-0.15, -0.1) is 0 Å². The quantitative estimate of drug-likeness (QED) is 0.541. The van der Waals surface area contributed by atoms with Crippen LogP contribution >= 0.6 is 23.2 Å². The number of rotatable bonds is 2. The van der Waals surface area contributed by atoms with Crippen molar-refractivity contribution in [3.63, 3.8) is 0 Å². The summed E-state index contributed by atoms with van der Waals surface area (Å²) in [6.45, 7) is 0. The maximum absolute atomic E-state index is 11.2. The molecule has 0 aliphatic heterocycles. The Balaban J connectivity index is 3.41. The van der Waals surface area contributed by atoms with Gasteiger partial charge in [-0.1, -0.05) is 23.2 Å². The van der Waals surface area contributed by atoms with Crippen LogP contribution in [-0.4, -0.2) is 13.5 Å². The molecule has 0 radical (unpaired) electrons. The number of halogens is 2. The van der Waals surface area contributed by atoms with Crippen LogP contribution in [0.15, 0.2) is 17.0 Å². The van der Waals surface area contributed by atoms with Gasteiger partial charge in [0.15, 0.2) is 5.75 Å². The van der Waals surface area contributed by atoms with Crippen molar-refractivity contribution in [2.75, 3.05) is 0 Å². The van der Waals surface area contributed by atoms with Crippen LogP contribution in [0.3, 0.4) is 0 Å². The van der Waals surface area contributed by atoms with Gasteiger partial charge in [-0.05, 0) is 12.1 Å². The standard InChI is InChI=1S/C6H6Cl2N2O3S/c7-4-1-3(14(12,13)10-9)2-5(8)6(4)11/h1-2,10-11H,9H2. The van der Waals surface area contributed by atoms with Gasteiger partial charge in [0, 0.05) is 0 Å². The molecule has 0 spiro atoms. The first-order valence-electron chi connectivity index (χ1n) is 3.29. The molecule has 0 unspecified atom stereocenters. The molecule has 0 bridgehead atoms. The van der Waals surface area contributed by atoms with E-state index in [1.54, 1.807) is 4.83 Å². The summed E-state index contributed by atoms with van der Waals surface area (Å²) in [4.78, 5) is 1.39. The van der Waals surface area contributed by atoms with E-state index in [1.807, 2.05) is 0 Å². The van der Waals surface area contributed by atoms with E-state index in [2.05, 4.69) is 0 Å². The summed E-state index contributed by atoms with van der Waals surface area (Å²) in [5.74, 6) is 4.42. The number of benzene rings is 1. The zero-order valence-electron chi connectivity index (χ0n) is 6.66. The minimum Gasteiger partial charge on any atom is -0.505 e. The largest absolute Gasteiger partial charge is 0.505 e. The van der Waals surface area contributed by atoms with Crippen LogP contribution in [0.25, 0.3) is 0 Å². The highest BCUT2D eigenvalue weighted by molar-refractivity contribution is 7.89. The van der Waals surface area contributed by atoms with E-state index in [9.17, 15) is 8.42 Å². The second-order valence-electron chi connectivity index (χ2n) is 2.36. The Morgan fingerprint density at radius 1 is 1.29 bits per heavy atom. The fraction of sp³-hybridized carbons (Fsp3) is 0. The van der Waals surface area contributed by atoms with Crippen LogP contribution in [0.4, 0.5) is 0 Å². The first-order chi connectivity index (χ1) is 6.38. The molecular weight excluding hydrogens is 251 g/mol. The minimum atomic E-state index is -3.81. The molecule has 8 heteroatoms. The number of nitrogens with one attached hydrogen (secondary N) is 1. The van der Waals surface area contributed by atoms with Crippen molar-refractivity contribution in [3.05, 3.63) is 22.2 Å². The lowest BCUT2D eigenvalue weighted by atomic mass is 10.3. The van der Waals surface area contributed by atoms with Crippen molar-refractivity contribution in [3.8, 4) is 5.75 Å². The number of hydrazine groups is 1. The third kappa shape index (κ3) is 2.10. The van der Waals surface area contributed by atoms with Crippen molar-refractivity contribution < 1.29 is 13.5 Å². The van der Waals surface area contributed by atoms with Gasteiger partial charge in [-0.25, -0.2) is 8.42 Å². The van der Waals surface area contributed by atoms with Crippen LogP contribution in [0, 0.1) is 0 Å². The molecule has 0 fully saturated rings. The van der Waals surface area contributed by atoms with E-state index in [0.29, 0.717) is 0 Å². The van der Waals surface area contributed by atoms with E-state index in [4.69, 9.17) is 34.2 Å². The molecule has 0 saturated carbocycles. The zero-order valence-corrected chi connectivity index (χ0v) is 8.99. The van der Waals surface area contributed by atoms with Crippen LogP contribution in [-0.2, 0) is 10.0 Å². The minimum absolute atomic E-state index is 0.161. The Hall–Kier alpha value is -0.530. The van der Waals surface area contributed by atoms with Crippen molar-refractivity contribution in [1.29, 1.82) is 0 Å². The van der Waals surface area contributed by atoms with E-state index < -0.39 is 10.0 Å². The molecule has 1 rings (SSSR count). The second kappa shape index (κ2) is 3.92. The molecular formula is C6H6Cl2N2O3S. The Bertz CT molecular complexity index is 437. The molecule has 14 heavy (non-hydrogen) atoms. The van der Waals surface area contributed by atoms with Crippen LogP contribution < -0.4 is 10.7 Å². The highest BCUT2D eigenvalue weighted by Gasteiger charge is 2.16. The molecule has 1 aromatic carbocycles. The summed E-state index contributed by atoms with van der Waals surface area (Å²) in [5, 5.41) is 8.84. The molecule has 78 valence electrons. The van der Waals surface area contributed by atoms with E-state index in [1.165, 1.54) is 0 Å². The highest BCUT2D eigenvalue weighted by atomic mass is 35.5. The van der Waals surface area contributed by atoms with Gasteiger partial charge in [0.05, 0.1) is 14.9 Å². The van der Waals surface area contributed by atoms with Crippen LogP contribution in [0.2, 0.25) is 10.0 Å². The third-order valence-electron chi connectivity index (χ3n) is 1.46. The summed E-state index contributed by atoms with van der Waals surface area (Å²) in [6.07, 6.45) is 0. The van der Waals surface area contributed by atoms with Crippen molar-refractivity contribution in [2.45, 2.75) is 4.90 Å². The van der Waals surface area contributed by atoms with Gasteiger partial charge in [-0.3, -0.25) is 5.84 Å². The Morgan fingerprint density at radius 3 is 2.07 bits per heavy atom. The Morgan fingerprint density at radius 2 is 1.71 bits per heavy atom. The van der Waals surface area contributed by atoms with E-state index in [0.717, 1.165) is 12.1 Å². The average molecular weight is 257 g/mol. The lowest BCUT2D eigenvalue weighted by molar-refractivity contribution is 0.475. The Labute approximate surface area is 90.5 Å². The van der Waals surface area contributed by atoms with Gasteiger partial charge in [0.25, 0.3) is 10.0 Å². The second-order valence-corrected chi connectivity index (χ2v) is 4.89. The lowest BCUT2D eigenvalue weighted by Crippen LogP contribution is -2.30. The summed E-state index contributed by atoms with van der Waals surface area (Å²) in [6, 6.07) is 2.08. The van der Waals surface area contributed by atoms with Crippen molar-refractivity contribution in [2.24, 2.45) is 5.84 Å². The number of sulfonamides is 1. The van der Waals surface area contributed by atoms with Crippen LogP contribution in [0.5, 0.6) is 5.75 Å². The number of nitrogens with two attached hydrogens (primary N) is 1. The normalized spacial score (nSPS) is 11.6. The number of phenolic OH excluding ortho intramolecular Hbond substituents is 1. The average Bonchev–Trinajstić information content (AvgIpc) is 2.13. The molecule has 0 aliphatic rings. The predicted molar refractivity (Wildman–Crippen MR) is 52.6 cm³/mol. The smallest absolute Gasteiger partial charge is 0.253 e. The van der Waals surface area contributed by atoms with Crippen molar-refractivity contribution in [1.82, 2.24) is 4.83 Å². The number of hydrogen-bond donors (Lipinski definition) is 3. The highest BCUT2D eigenvalue weighted by Crippen LogP contribution is 2.33. The summed E-state index contributed by atoms with van der Waals surface area (Å²) in [7, 11) is -3.81. The SMILES string of the molecule is NNS(=O)(=O)c1cc(Cl)c(O)c(Cl)c1. The molecule has 0 heterocycles. The van der Waals surface area contributed by atoms with Crippen LogP contribution in [0.1, 0.15) is 0 Å². The maximum atomic E-state index is 11.2.